The van der Waals surface area contributed by atoms with E-state index >= 15 is 0 Å². The zero-order chi connectivity index (χ0) is 29.2. The van der Waals surface area contributed by atoms with Crippen molar-refractivity contribution in [2.75, 3.05) is 0 Å². The first-order valence-electron chi connectivity index (χ1n) is 11.0. The normalized spacial score (nSPS) is 10.8. The molecule has 0 amide bonds. The van der Waals surface area contributed by atoms with Crippen LogP contribution in [0, 0.1) is 68.0 Å². The van der Waals surface area contributed by atoms with Crippen LogP contribution in [0.3, 0.4) is 0 Å². The van der Waals surface area contributed by atoms with Crippen LogP contribution in [0.4, 0.5) is 0 Å². The summed E-state index contributed by atoms with van der Waals surface area (Å²) in [6.07, 6.45) is 3.86. The lowest BCUT2D eigenvalue weighted by Gasteiger charge is -2.19. The molecule has 196 valence electrons. The predicted molar refractivity (Wildman–Crippen MR) is 149 cm³/mol. The number of nitriles is 6. The zero-order valence-electron chi connectivity index (χ0n) is 20.4. The fourth-order valence-corrected chi connectivity index (χ4v) is 9.96. The molecule has 1 aromatic heterocycles. The summed E-state index contributed by atoms with van der Waals surface area (Å²) >= 11 is 0. The highest BCUT2D eigenvalue weighted by Crippen LogP contribution is 2.44. The van der Waals surface area contributed by atoms with Crippen LogP contribution in [-0.4, -0.2) is 16.9 Å². The van der Waals surface area contributed by atoms with Gasteiger partial charge in [0.25, 0.3) is 8.08 Å². The highest BCUT2D eigenvalue weighted by Gasteiger charge is 2.22. The molecule has 3 aromatic carbocycles. The van der Waals surface area contributed by atoms with E-state index in [4.69, 9.17) is 13.9 Å². The molecule has 0 radical (unpaired) electrons. The minimum Gasteiger partial charge on any atom is -0.415 e. The lowest BCUT2D eigenvalue weighted by atomic mass is 10.0. The Labute approximate surface area is 237 Å². The van der Waals surface area contributed by atoms with Gasteiger partial charge in [0.1, 0.15) is 29.5 Å². The molecule has 41 heavy (non-hydrogen) atoms. The Bertz CT molecular complexity index is 1950. The average Bonchev–Trinajstić information content (AvgIpc) is 3.02. The van der Waals surface area contributed by atoms with E-state index in [0.717, 1.165) is 8.18 Å². The van der Waals surface area contributed by atoms with Gasteiger partial charge in [-0.25, -0.2) is 0 Å². The third kappa shape index (κ3) is 6.19. The molecule has 1 heterocycles. The van der Waals surface area contributed by atoms with E-state index < -0.39 is 24.0 Å². The van der Waals surface area contributed by atoms with Gasteiger partial charge < -0.3 is 13.9 Å². The highest BCUT2D eigenvalue weighted by atomic mass is 31.2. The van der Waals surface area contributed by atoms with Crippen LogP contribution in [0.25, 0.3) is 0 Å². The fraction of sp³-hybridized carbons (Fsp3) is 0. The second-order valence-corrected chi connectivity index (χ2v) is 13.5. The van der Waals surface area contributed by atoms with Crippen molar-refractivity contribution in [3.05, 3.63) is 89.5 Å². The van der Waals surface area contributed by atoms with Crippen molar-refractivity contribution in [1.29, 1.82) is 31.6 Å². The molecule has 13 nitrogen and oxygen atoms in total. The number of aromatic nitrogens is 4. The number of rotatable bonds is 6. The summed E-state index contributed by atoms with van der Waals surface area (Å²) in [5, 5.41) is 58.8. The summed E-state index contributed by atoms with van der Waals surface area (Å²) in [4.78, 5) is 6.18. The van der Waals surface area contributed by atoms with E-state index in [9.17, 15) is 31.6 Å². The fourth-order valence-electron chi connectivity index (χ4n) is 3.08. The van der Waals surface area contributed by atoms with E-state index in [0.29, 0.717) is 11.5 Å². The SMILES string of the molecule is N#Cc1ccc(Op2npn(C#N)p(C#N)n(C#N)p(Oc3ccccc3)n2Oc2ccccc2)c(C#N)c1C#N. The maximum Gasteiger partial charge on any atom is 0.305 e. The molecule has 0 aliphatic heterocycles. The summed E-state index contributed by atoms with van der Waals surface area (Å²) in [6.45, 7) is 0. The Hall–Kier alpha value is -5.60. The molecule has 0 fully saturated rings. The topological polar surface area (TPSA) is 198 Å². The minimum atomic E-state index is -2.39. The molecule has 0 saturated carbocycles. The zero-order valence-corrected chi connectivity index (χ0v) is 24.0. The Morgan fingerprint density at radius 2 is 1.37 bits per heavy atom. The van der Waals surface area contributed by atoms with E-state index in [1.165, 1.54) is 16.4 Å². The number of hydrogen-bond donors (Lipinski definition) is 0. The van der Waals surface area contributed by atoms with Crippen LogP contribution in [-0.2, 0) is 0 Å². The first-order chi connectivity index (χ1) is 20.1. The first kappa shape index (κ1) is 28.4. The van der Waals surface area contributed by atoms with Crippen molar-refractivity contribution < 1.29 is 13.9 Å². The number of benzene rings is 3. The molecule has 3 atom stereocenters. The highest BCUT2D eigenvalue weighted by molar-refractivity contribution is 7.61. The molecule has 17 heteroatoms. The van der Waals surface area contributed by atoms with Crippen LogP contribution < -0.4 is 13.9 Å². The van der Waals surface area contributed by atoms with Crippen LogP contribution in [0.5, 0.6) is 17.2 Å². The lowest BCUT2D eigenvalue weighted by molar-refractivity contribution is 0.258. The quantitative estimate of drug-likeness (QED) is 0.235. The molecule has 0 saturated heterocycles. The summed E-state index contributed by atoms with van der Waals surface area (Å²) in [6, 6.07) is 25.2. The van der Waals surface area contributed by atoms with Crippen molar-refractivity contribution in [2.24, 2.45) is 0 Å². The maximum atomic E-state index is 10.2. The van der Waals surface area contributed by atoms with Gasteiger partial charge in [-0.05, 0) is 36.4 Å². The third-order valence-electron chi connectivity index (χ3n) is 4.83. The first-order valence-corrected chi connectivity index (χ1v) is 15.4. The van der Waals surface area contributed by atoms with E-state index in [1.807, 2.05) is 36.4 Å². The molecular weight excluding hydrogens is 600 g/mol. The van der Waals surface area contributed by atoms with Gasteiger partial charge in [0.05, 0.1) is 11.1 Å². The van der Waals surface area contributed by atoms with Gasteiger partial charge in [0, 0.05) is 0 Å². The van der Waals surface area contributed by atoms with Crippen LogP contribution in [0.1, 0.15) is 16.7 Å². The number of nitrogens with zero attached hydrogens (tertiary/aromatic N) is 10. The van der Waals surface area contributed by atoms with Crippen LogP contribution in [0.15, 0.2) is 72.8 Å². The van der Waals surface area contributed by atoms with Gasteiger partial charge in [0.15, 0.2) is 39.9 Å². The predicted octanol–water partition coefficient (Wildman–Crippen LogP) is 6.40. The minimum absolute atomic E-state index is 0.0186. The Balaban J connectivity index is 2.12. The van der Waals surface area contributed by atoms with Crippen molar-refractivity contribution in [3.63, 3.8) is 0 Å². The maximum absolute atomic E-state index is 10.2. The van der Waals surface area contributed by atoms with E-state index in [-0.39, 0.29) is 30.9 Å². The van der Waals surface area contributed by atoms with E-state index in [1.54, 1.807) is 60.7 Å². The molecule has 3 unspecified atom stereocenters. The molecule has 0 aliphatic carbocycles. The molecule has 0 bridgehead atoms. The van der Waals surface area contributed by atoms with Crippen molar-refractivity contribution in [3.8, 4) is 53.7 Å². The molecule has 0 spiro atoms. The summed E-state index contributed by atoms with van der Waals surface area (Å²) in [5.74, 6) is 2.56. The molecule has 4 rings (SSSR count). The van der Waals surface area contributed by atoms with Gasteiger partial charge >= 0.3 is 8.08 Å². The molecule has 4 aromatic rings. The molecule has 0 N–H and O–H groups in total. The molecular formula is C24H12N10O3P4. The van der Waals surface area contributed by atoms with Gasteiger partial charge in [0.2, 0.25) is 6.19 Å². The Morgan fingerprint density at radius 1 is 0.707 bits per heavy atom. The van der Waals surface area contributed by atoms with Crippen molar-refractivity contribution in [1.82, 2.24) is 16.9 Å². The van der Waals surface area contributed by atoms with Gasteiger partial charge in [-0.1, -0.05) is 40.7 Å². The average molecular weight is 612 g/mol. The number of para-hydroxylation sites is 2. The summed E-state index contributed by atoms with van der Waals surface area (Å²) in [7, 11) is -7.02. The van der Waals surface area contributed by atoms with Crippen molar-refractivity contribution in [2.45, 2.75) is 0 Å². The van der Waals surface area contributed by atoms with Gasteiger partial charge in [-0.2, -0.15) is 35.7 Å². The molecule has 0 aliphatic rings. The second-order valence-electron chi connectivity index (χ2n) is 7.20. The monoisotopic (exact) mass is 612 g/mol. The lowest BCUT2D eigenvalue weighted by Crippen LogP contribution is -2.10. The van der Waals surface area contributed by atoms with Gasteiger partial charge in [-0.15, -0.1) is 8.60 Å². The van der Waals surface area contributed by atoms with Crippen LogP contribution in [0.2, 0.25) is 0 Å². The Kier molecular flexibility index (Phi) is 9.32. The number of hydrogen-bond acceptors (Lipinski definition) is 10. The standard InChI is InChI=1S/C24H12N10O3P4/c25-13-19-11-12-24(23(15-27)22(19)14-26)37-40-31-38-32(16-28)39(18-30)33(17-29)41(36-21-9-5-2-6-10-21)34(40)35-20-7-3-1-4-8-20/h1-12H. The van der Waals surface area contributed by atoms with Crippen molar-refractivity contribution >= 4 is 32.5 Å². The second kappa shape index (κ2) is 13.5. The third-order valence-corrected chi connectivity index (χ3v) is 11.6. The largest absolute Gasteiger partial charge is 0.415 e. The summed E-state index contributed by atoms with van der Waals surface area (Å²) < 4.78 is 20.1. The summed E-state index contributed by atoms with van der Waals surface area (Å²) in [5.41, 5.74) is -0.407. The Morgan fingerprint density at radius 3 is 1.93 bits per heavy atom. The smallest absolute Gasteiger partial charge is 0.305 e. The van der Waals surface area contributed by atoms with Gasteiger partial charge in [-0.3, -0.25) is 0 Å². The van der Waals surface area contributed by atoms with Crippen LogP contribution >= 0.6 is 32.5 Å². The van der Waals surface area contributed by atoms with E-state index in [2.05, 4.69) is 4.51 Å².